The van der Waals surface area contributed by atoms with E-state index in [1.807, 2.05) is 0 Å². The third kappa shape index (κ3) is 2.05. The molecule has 1 aliphatic rings. The van der Waals surface area contributed by atoms with Gasteiger partial charge < -0.3 is 9.47 Å². The van der Waals surface area contributed by atoms with E-state index in [1.54, 1.807) is 34.6 Å². The highest BCUT2D eigenvalue weighted by Gasteiger charge is 2.48. The average Bonchev–Trinajstić information content (AvgIpc) is 1.75. The summed E-state index contributed by atoms with van der Waals surface area (Å²) in [7, 11) is 0. The molecule has 0 aromatic rings. The minimum Gasteiger partial charge on any atom is -0.422 e. The zero-order valence-electron chi connectivity index (χ0n) is 9.21. The van der Waals surface area contributed by atoms with Gasteiger partial charge in [0.1, 0.15) is 0 Å². The molecule has 0 spiro atoms. The first kappa shape index (κ1) is 11.0. The summed E-state index contributed by atoms with van der Waals surface area (Å²) in [6, 6.07) is 0. The molecule has 0 atom stereocenters. The lowest BCUT2D eigenvalue weighted by atomic mass is 9.80. The quantitative estimate of drug-likeness (QED) is 0.439. The van der Waals surface area contributed by atoms with Gasteiger partial charge >= 0.3 is 11.9 Å². The van der Waals surface area contributed by atoms with Crippen LogP contribution in [0.4, 0.5) is 0 Å². The van der Waals surface area contributed by atoms with Gasteiger partial charge in [-0.25, -0.2) is 0 Å². The van der Waals surface area contributed by atoms with Gasteiger partial charge in [-0.05, 0) is 5.41 Å². The molecule has 0 aliphatic carbocycles. The lowest BCUT2D eigenvalue weighted by Gasteiger charge is -2.37. The minimum absolute atomic E-state index is 0.468. The van der Waals surface area contributed by atoms with Gasteiger partial charge in [0.25, 0.3) is 5.79 Å². The predicted octanol–water partition coefficient (Wildman–Crippen LogP) is 1.48. The van der Waals surface area contributed by atoms with E-state index in [-0.39, 0.29) is 0 Å². The van der Waals surface area contributed by atoms with Gasteiger partial charge in [0, 0.05) is 13.8 Å². The number of ether oxygens (including phenoxy) is 2. The van der Waals surface area contributed by atoms with Crippen molar-refractivity contribution in [3.05, 3.63) is 0 Å². The van der Waals surface area contributed by atoms with Crippen molar-refractivity contribution in [2.75, 3.05) is 0 Å². The summed E-state index contributed by atoms with van der Waals surface area (Å²) < 4.78 is 10.0. The Bertz CT molecular complexity index is 252. The summed E-state index contributed by atoms with van der Waals surface area (Å²) in [6.45, 7) is 8.50. The Morgan fingerprint density at radius 2 is 1.43 bits per heavy atom. The van der Waals surface area contributed by atoms with Crippen LogP contribution in [0.2, 0.25) is 0 Å². The highest BCUT2D eigenvalue weighted by molar-refractivity contribution is 5.97. The molecular weight excluding hydrogens is 184 g/mol. The van der Waals surface area contributed by atoms with Crippen LogP contribution in [0.5, 0.6) is 0 Å². The van der Waals surface area contributed by atoms with Crippen molar-refractivity contribution in [1.29, 1.82) is 0 Å². The van der Waals surface area contributed by atoms with Crippen LogP contribution in [0, 0.1) is 11.3 Å². The summed E-state index contributed by atoms with van der Waals surface area (Å²) in [4.78, 5) is 23.1. The maximum absolute atomic E-state index is 11.5. The van der Waals surface area contributed by atoms with Crippen molar-refractivity contribution in [2.24, 2.45) is 11.3 Å². The largest absolute Gasteiger partial charge is 0.422 e. The zero-order valence-corrected chi connectivity index (χ0v) is 9.21. The van der Waals surface area contributed by atoms with Crippen molar-refractivity contribution in [3.8, 4) is 0 Å². The maximum Gasteiger partial charge on any atom is 0.324 e. The Labute approximate surface area is 83.6 Å². The van der Waals surface area contributed by atoms with Crippen LogP contribution >= 0.6 is 0 Å². The molecule has 1 saturated heterocycles. The van der Waals surface area contributed by atoms with E-state index in [4.69, 9.17) is 9.47 Å². The summed E-state index contributed by atoms with van der Waals surface area (Å²) >= 11 is 0. The van der Waals surface area contributed by atoms with Gasteiger partial charge in [-0.15, -0.1) is 0 Å². The Hall–Kier alpha value is -1.06. The van der Waals surface area contributed by atoms with Gasteiger partial charge in [0.15, 0.2) is 5.92 Å². The maximum atomic E-state index is 11.5. The van der Waals surface area contributed by atoms with Crippen LogP contribution in [-0.2, 0) is 19.1 Å². The van der Waals surface area contributed by atoms with Crippen LogP contribution < -0.4 is 0 Å². The van der Waals surface area contributed by atoms with E-state index >= 15 is 0 Å². The molecule has 1 rings (SSSR count). The Balaban J connectivity index is 2.93. The van der Waals surface area contributed by atoms with Crippen molar-refractivity contribution in [1.82, 2.24) is 0 Å². The van der Waals surface area contributed by atoms with E-state index in [0.717, 1.165) is 0 Å². The normalized spacial score (nSPS) is 22.9. The van der Waals surface area contributed by atoms with Crippen molar-refractivity contribution < 1.29 is 19.1 Å². The molecule has 0 N–H and O–H groups in total. The fourth-order valence-electron chi connectivity index (χ4n) is 1.43. The second-order valence-electron chi connectivity index (χ2n) is 5.04. The van der Waals surface area contributed by atoms with E-state index in [1.165, 1.54) is 0 Å². The standard InChI is InChI=1S/C10H16O4/c1-9(2,3)6-7(11)13-10(4,5)14-8(6)12/h6H,1-5H3. The van der Waals surface area contributed by atoms with Gasteiger partial charge in [0.2, 0.25) is 0 Å². The molecule has 0 aromatic carbocycles. The number of hydrogen-bond acceptors (Lipinski definition) is 4. The average molecular weight is 200 g/mol. The summed E-state index contributed by atoms with van der Waals surface area (Å²) in [6.07, 6.45) is 0. The summed E-state index contributed by atoms with van der Waals surface area (Å²) in [5.41, 5.74) is -0.468. The number of carbonyl (C=O) groups excluding carboxylic acids is 2. The first-order valence-corrected chi connectivity index (χ1v) is 4.59. The molecule has 1 fully saturated rings. The van der Waals surface area contributed by atoms with Crippen molar-refractivity contribution in [3.63, 3.8) is 0 Å². The Kier molecular flexibility index (Phi) is 2.34. The molecule has 0 saturated carbocycles. The molecule has 4 heteroatoms. The zero-order chi connectivity index (χ0) is 11.1. The second kappa shape index (κ2) is 2.97. The van der Waals surface area contributed by atoms with Crippen LogP contribution in [0.25, 0.3) is 0 Å². The predicted molar refractivity (Wildman–Crippen MR) is 49.2 cm³/mol. The highest BCUT2D eigenvalue weighted by Crippen LogP contribution is 2.34. The van der Waals surface area contributed by atoms with Crippen LogP contribution in [0.1, 0.15) is 34.6 Å². The fraction of sp³-hybridized carbons (Fsp3) is 0.800. The van der Waals surface area contributed by atoms with Gasteiger partial charge in [-0.3, -0.25) is 9.59 Å². The van der Waals surface area contributed by atoms with Crippen molar-refractivity contribution in [2.45, 2.75) is 40.4 Å². The molecule has 1 heterocycles. The van der Waals surface area contributed by atoms with E-state index in [2.05, 4.69) is 0 Å². The lowest BCUT2D eigenvalue weighted by molar-refractivity contribution is -0.244. The molecule has 80 valence electrons. The molecule has 0 amide bonds. The SMILES string of the molecule is CC1(C)OC(=O)C(C(C)(C)C)C(=O)O1. The number of rotatable bonds is 0. The van der Waals surface area contributed by atoms with Gasteiger partial charge in [0.05, 0.1) is 0 Å². The molecule has 0 radical (unpaired) electrons. The molecule has 0 aromatic heterocycles. The van der Waals surface area contributed by atoms with Crippen LogP contribution in [0.3, 0.4) is 0 Å². The topological polar surface area (TPSA) is 52.6 Å². The lowest BCUT2D eigenvalue weighted by Crippen LogP contribution is -2.50. The molecule has 0 bridgehead atoms. The Morgan fingerprint density at radius 3 is 1.71 bits per heavy atom. The van der Waals surface area contributed by atoms with Gasteiger partial charge in [-0.2, -0.15) is 0 Å². The summed E-state index contributed by atoms with van der Waals surface area (Å²) in [5, 5.41) is 0. The van der Waals surface area contributed by atoms with Gasteiger partial charge in [-0.1, -0.05) is 20.8 Å². The monoisotopic (exact) mass is 200 g/mol. The first-order valence-electron chi connectivity index (χ1n) is 4.59. The van der Waals surface area contributed by atoms with E-state index in [0.29, 0.717) is 0 Å². The van der Waals surface area contributed by atoms with Crippen LogP contribution in [0.15, 0.2) is 0 Å². The number of hydrogen-bond donors (Lipinski definition) is 0. The molecule has 4 nitrogen and oxygen atoms in total. The van der Waals surface area contributed by atoms with E-state index < -0.39 is 29.1 Å². The Morgan fingerprint density at radius 1 is 1.07 bits per heavy atom. The molecule has 14 heavy (non-hydrogen) atoms. The number of cyclic esters (lactones) is 2. The highest BCUT2D eigenvalue weighted by atomic mass is 16.7. The third-order valence-electron chi connectivity index (χ3n) is 2.03. The smallest absolute Gasteiger partial charge is 0.324 e. The van der Waals surface area contributed by atoms with Crippen molar-refractivity contribution >= 4 is 11.9 Å². The second-order valence-corrected chi connectivity index (χ2v) is 5.04. The molecular formula is C10H16O4. The van der Waals surface area contributed by atoms with Crippen LogP contribution in [-0.4, -0.2) is 17.7 Å². The number of carbonyl (C=O) groups is 2. The van der Waals surface area contributed by atoms with E-state index in [9.17, 15) is 9.59 Å². The first-order chi connectivity index (χ1) is 6.13. The fourth-order valence-corrected chi connectivity index (χ4v) is 1.43. The number of esters is 2. The third-order valence-corrected chi connectivity index (χ3v) is 2.03. The molecule has 0 unspecified atom stereocenters. The minimum atomic E-state index is -1.13. The summed E-state index contributed by atoms with van der Waals surface area (Å²) in [5.74, 6) is -2.95. The molecule has 1 aliphatic heterocycles.